The van der Waals surface area contributed by atoms with Gasteiger partial charge in [0.1, 0.15) is 7.05 Å². The Labute approximate surface area is 159 Å². The van der Waals surface area contributed by atoms with Crippen LogP contribution >= 0.6 is 21.6 Å². The summed E-state index contributed by atoms with van der Waals surface area (Å²) in [5.41, 5.74) is 3.71. The minimum absolute atomic E-state index is 1.06. The highest BCUT2D eigenvalue weighted by molar-refractivity contribution is 8.76. The molecule has 5 heteroatoms. The minimum Gasteiger partial charge on any atom is -0.374 e. The maximum absolute atomic E-state index is 3.17. The Hall–Kier alpha value is -1.43. The fraction of sp³-hybridized carbons (Fsp3) is 0.350. The zero-order chi connectivity index (χ0) is 17.9. The van der Waals surface area contributed by atoms with Crippen LogP contribution in [0.5, 0.6) is 0 Å². The van der Waals surface area contributed by atoms with Gasteiger partial charge in [0.05, 0.1) is 0 Å². The van der Waals surface area contributed by atoms with Crippen LogP contribution < -0.4 is 14.8 Å². The van der Waals surface area contributed by atoms with E-state index in [4.69, 9.17) is 0 Å². The molecule has 2 rings (SSSR count). The molecule has 1 heterocycles. The largest absolute Gasteiger partial charge is 0.374 e. The first-order valence-corrected chi connectivity index (χ1v) is 11.0. The van der Waals surface area contributed by atoms with Gasteiger partial charge in [-0.15, -0.1) is 0 Å². The predicted molar refractivity (Wildman–Crippen MR) is 115 cm³/mol. The number of hydrogen-bond donors (Lipinski definition) is 1. The van der Waals surface area contributed by atoms with Gasteiger partial charge in [0.25, 0.3) is 0 Å². The molecule has 0 bridgehead atoms. The van der Waals surface area contributed by atoms with Crippen LogP contribution in [0.1, 0.15) is 11.1 Å². The van der Waals surface area contributed by atoms with Crippen LogP contribution in [-0.4, -0.2) is 38.7 Å². The molecule has 0 atom stereocenters. The molecule has 0 amide bonds. The molecule has 0 unspecified atom stereocenters. The van der Waals surface area contributed by atoms with Crippen LogP contribution in [0.2, 0.25) is 0 Å². The number of nitrogens with zero attached hydrogens (tertiary/aromatic N) is 2. The van der Waals surface area contributed by atoms with E-state index in [0.29, 0.717) is 0 Å². The van der Waals surface area contributed by atoms with Crippen molar-refractivity contribution in [3.63, 3.8) is 0 Å². The first-order chi connectivity index (χ1) is 12.2. The number of benzene rings is 1. The lowest BCUT2D eigenvalue weighted by atomic mass is 10.1. The summed E-state index contributed by atoms with van der Waals surface area (Å²) in [5, 5.41) is 3.17. The van der Waals surface area contributed by atoms with Crippen molar-refractivity contribution in [3.05, 3.63) is 59.9 Å². The van der Waals surface area contributed by atoms with Gasteiger partial charge in [-0.05, 0) is 30.3 Å². The van der Waals surface area contributed by atoms with Gasteiger partial charge in [0, 0.05) is 49.5 Å². The van der Waals surface area contributed by atoms with Crippen molar-refractivity contribution >= 4 is 39.4 Å². The lowest BCUT2D eigenvalue weighted by Gasteiger charge is -2.19. The molecule has 0 saturated heterocycles. The number of pyridine rings is 1. The number of aromatic nitrogens is 1. The van der Waals surface area contributed by atoms with E-state index in [1.807, 2.05) is 40.3 Å². The number of rotatable bonds is 10. The molecular weight excluding hydrogens is 346 g/mol. The average Bonchev–Trinajstić information content (AvgIpc) is 2.64. The highest BCUT2D eigenvalue weighted by Gasteiger charge is 2.01. The van der Waals surface area contributed by atoms with Gasteiger partial charge >= 0.3 is 0 Å². The first kappa shape index (κ1) is 19.9. The summed E-state index contributed by atoms with van der Waals surface area (Å²) < 4.78 is 2.04. The summed E-state index contributed by atoms with van der Waals surface area (Å²) in [6, 6.07) is 13.0. The van der Waals surface area contributed by atoms with E-state index < -0.39 is 0 Å². The molecule has 2 aromatic rings. The molecule has 1 aromatic heterocycles. The molecule has 0 aliphatic rings. The van der Waals surface area contributed by atoms with E-state index in [-0.39, 0.29) is 0 Å². The van der Waals surface area contributed by atoms with Crippen LogP contribution in [0.15, 0.2) is 48.8 Å². The van der Waals surface area contributed by atoms with E-state index in [1.54, 1.807) is 0 Å². The molecular formula is C20H28N3S2+. The molecule has 0 aliphatic carbocycles. The molecule has 134 valence electrons. The zero-order valence-electron chi connectivity index (χ0n) is 15.3. The van der Waals surface area contributed by atoms with Crippen LogP contribution in [0.3, 0.4) is 0 Å². The molecule has 0 aliphatic heterocycles. The van der Waals surface area contributed by atoms with Gasteiger partial charge in [-0.25, -0.2) is 4.57 Å². The second-order valence-electron chi connectivity index (χ2n) is 5.89. The molecule has 25 heavy (non-hydrogen) atoms. The summed E-state index contributed by atoms with van der Waals surface area (Å²) in [4.78, 5) is 2.32. The van der Waals surface area contributed by atoms with E-state index in [0.717, 1.165) is 24.6 Å². The molecule has 3 nitrogen and oxygen atoms in total. The molecule has 0 spiro atoms. The topological polar surface area (TPSA) is 19.1 Å². The standard InChI is InChI=1S/C20H28N3S2/c1-21-12-16-24-25-17-15-23(3)20-8-6-18(7-9-20)4-5-19-10-13-22(2)14-11-19/h4-11,13-14,21H,12,15-17H2,1-3H3/q+1. The highest BCUT2D eigenvalue weighted by Crippen LogP contribution is 2.21. The van der Waals surface area contributed by atoms with E-state index in [1.165, 1.54) is 16.8 Å². The van der Waals surface area contributed by atoms with Crippen molar-refractivity contribution in [1.29, 1.82) is 0 Å². The summed E-state index contributed by atoms with van der Waals surface area (Å²) in [7, 11) is 10.1. The summed E-state index contributed by atoms with van der Waals surface area (Å²) in [5.74, 6) is 2.30. The Kier molecular flexibility index (Phi) is 8.94. The smallest absolute Gasteiger partial charge is 0.169 e. The van der Waals surface area contributed by atoms with Gasteiger partial charge in [-0.2, -0.15) is 0 Å². The monoisotopic (exact) mass is 374 g/mol. The van der Waals surface area contributed by atoms with Gasteiger partial charge in [0.2, 0.25) is 0 Å². The average molecular weight is 375 g/mol. The SMILES string of the molecule is CNCCSSCCN(C)c1ccc(/C=C/c2cc[n+](C)cc2)cc1. The van der Waals surface area contributed by atoms with Gasteiger partial charge in [-0.1, -0.05) is 45.9 Å². The van der Waals surface area contributed by atoms with Crippen LogP contribution in [0, 0.1) is 0 Å². The van der Waals surface area contributed by atoms with E-state index in [2.05, 4.69) is 78.2 Å². The number of hydrogen-bond acceptors (Lipinski definition) is 4. The van der Waals surface area contributed by atoms with Crippen molar-refractivity contribution in [2.24, 2.45) is 7.05 Å². The lowest BCUT2D eigenvalue weighted by molar-refractivity contribution is -0.671. The Balaban J connectivity index is 1.79. The normalized spacial score (nSPS) is 11.2. The molecule has 1 aromatic carbocycles. The summed E-state index contributed by atoms with van der Waals surface area (Å²) >= 11 is 0. The maximum atomic E-state index is 3.17. The second kappa shape index (κ2) is 11.2. The van der Waals surface area contributed by atoms with Crippen LogP contribution in [-0.2, 0) is 7.05 Å². The molecule has 0 radical (unpaired) electrons. The molecule has 0 saturated carbocycles. The third-order valence-electron chi connectivity index (χ3n) is 3.84. The second-order valence-corrected chi connectivity index (χ2v) is 8.59. The molecule has 1 N–H and O–H groups in total. The number of nitrogens with one attached hydrogen (secondary N) is 1. The van der Waals surface area contributed by atoms with Crippen molar-refractivity contribution in [1.82, 2.24) is 5.32 Å². The Bertz CT molecular complexity index is 639. The van der Waals surface area contributed by atoms with Crippen molar-refractivity contribution in [2.45, 2.75) is 0 Å². The van der Waals surface area contributed by atoms with Gasteiger partial charge in [0.15, 0.2) is 12.4 Å². The predicted octanol–water partition coefficient (Wildman–Crippen LogP) is 3.72. The van der Waals surface area contributed by atoms with E-state index >= 15 is 0 Å². The van der Waals surface area contributed by atoms with E-state index in [9.17, 15) is 0 Å². The zero-order valence-corrected chi connectivity index (χ0v) is 16.9. The Morgan fingerprint density at radius 3 is 2.20 bits per heavy atom. The fourth-order valence-corrected chi connectivity index (χ4v) is 4.27. The molecule has 0 fully saturated rings. The van der Waals surface area contributed by atoms with Crippen molar-refractivity contribution in [3.8, 4) is 0 Å². The first-order valence-electron chi connectivity index (χ1n) is 8.52. The quantitative estimate of drug-likeness (QED) is 0.388. The summed E-state index contributed by atoms with van der Waals surface area (Å²) in [6.45, 7) is 2.14. The van der Waals surface area contributed by atoms with Gasteiger partial charge < -0.3 is 10.2 Å². The summed E-state index contributed by atoms with van der Waals surface area (Å²) in [6.07, 6.45) is 8.44. The third-order valence-corrected chi connectivity index (χ3v) is 6.22. The van der Waals surface area contributed by atoms with Crippen LogP contribution in [0.25, 0.3) is 12.2 Å². The Morgan fingerprint density at radius 2 is 1.56 bits per heavy atom. The van der Waals surface area contributed by atoms with Crippen molar-refractivity contribution < 1.29 is 4.57 Å². The number of aryl methyl sites for hydroxylation is 1. The van der Waals surface area contributed by atoms with Crippen LogP contribution in [0.4, 0.5) is 5.69 Å². The lowest BCUT2D eigenvalue weighted by Crippen LogP contribution is -2.25. The minimum atomic E-state index is 1.06. The highest BCUT2D eigenvalue weighted by atomic mass is 33.1. The number of anilines is 1. The fourth-order valence-electron chi connectivity index (χ4n) is 2.22. The van der Waals surface area contributed by atoms with Gasteiger partial charge in [-0.3, -0.25) is 0 Å². The maximum Gasteiger partial charge on any atom is 0.169 e. The Morgan fingerprint density at radius 1 is 0.960 bits per heavy atom. The third kappa shape index (κ3) is 7.55. The van der Waals surface area contributed by atoms with Crippen molar-refractivity contribution in [2.75, 3.05) is 43.6 Å².